The van der Waals surface area contributed by atoms with E-state index in [9.17, 15) is 9.59 Å². The second-order valence-corrected chi connectivity index (χ2v) is 7.14. The second kappa shape index (κ2) is 8.30. The van der Waals surface area contributed by atoms with Crippen molar-refractivity contribution in [2.24, 2.45) is 0 Å². The van der Waals surface area contributed by atoms with Crippen LogP contribution in [0.2, 0.25) is 0 Å². The molecule has 1 saturated carbocycles. The largest absolute Gasteiger partial charge is 0.349 e. The lowest BCUT2D eigenvalue weighted by Gasteiger charge is -2.23. The Labute approximate surface area is 156 Å². The first-order chi connectivity index (χ1) is 12.1. The maximum absolute atomic E-state index is 12.6. The van der Waals surface area contributed by atoms with Crippen LogP contribution in [0.5, 0.6) is 0 Å². The van der Waals surface area contributed by atoms with Gasteiger partial charge in [0, 0.05) is 10.5 Å². The predicted octanol–water partition coefficient (Wildman–Crippen LogP) is 4.76. The molecule has 0 saturated heterocycles. The van der Waals surface area contributed by atoms with E-state index in [0.29, 0.717) is 16.8 Å². The molecule has 2 aromatic rings. The van der Waals surface area contributed by atoms with E-state index in [2.05, 4.69) is 26.6 Å². The van der Waals surface area contributed by atoms with Crippen LogP contribution in [-0.2, 0) is 0 Å². The van der Waals surface area contributed by atoms with Crippen molar-refractivity contribution in [3.05, 3.63) is 64.1 Å². The quantitative estimate of drug-likeness (QED) is 0.776. The Morgan fingerprint density at radius 2 is 1.48 bits per heavy atom. The fourth-order valence-electron chi connectivity index (χ4n) is 3.14. The van der Waals surface area contributed by atoms with Gasteiger partial charge in [-0.1, -0.05) is 43.5 Å². The minimum absolute atomic E-state index is 0.130. The number of anilines is 1. The molecule has 2 aromatic carbocycles. The van der Waals surface area contributed by atoms with Crippen LogP contribution in [-0.4, -0.2) is 17.9 Å². The molecule has 2 N–H and O–H groups in total. The Bertz CT molecular complexity index is 770. The van der Waals surface area contributed by atoms with Gasteiger partial charge in [-0.2, -0.15) is 0 Å². The molecule has 1 fully saturated rings. The fourth-order valence-corrected chi connectivity index (χ4v) is 3.60. The number of para-hydroxylation sites is 1. The number of halogens is 1. The average molecular weight is 401 g/mol. The van der Waals surface area contributed by atoms with Gasteiger partial charge in [0.25, 0.3) is 11.8 Å². The normalized spacial score (nSPS) is 14.8. The van der Waals surface area contributed by atoms with E-state index in [0.717, 1.165) is 30.2 Å². The number of amides is 2. The fraction of sp³-hybridized carbons (Fsp3) is 0.300. The maximum atomic E-state index is 12.6. The molecule has 5 heteroatoms. The van der Waals surface area contributed by atoms with Crippen molar-refractivity contribution in [3.8, 4) is 0 Å². The summed E-state index contributed by atoms with van der Waals surface area (Å²) in [6.07, 6.45) is 5.61. The first-order valence-electron chi connectivity index (χ1n) is 8.61. The summed E-state index contributed by atoms with van der Waals surface area (Å²) in [7, 11) is 0. The highest BCUT2D eigenvalue weighted by Gasteiger charge is 2.19. The summed E-state index contributed by atoms with van der Waals surface area (Å²) >= 11 is 3.38. The zero-order chi connectivity index (χ0) is 17.6. The van der Waals surface area contributed by atoms with Crippen LogP contribution in [0.25, 0.3) is 0 Å². The molecule has 130 valence electrons. The van der Waals surface area contributed by atoms with E-state index in [1.165, 1.54) is 6.42 Å². The molecule has 0 radical (unpaired) electrons. The van der Waals surface area contributed by atoms with Crippen molar-refractivity contribution < 1.29 is 9.59 Å². The maximum Gasteiger partial charge on any atom is 0.256 e. The van der Waals surface area contributed by atoms with Gasteiger partial charge >= 0.3 is 0 Å². The van der Waals surface area contributed by atoms with Crippen LogP contribution in [0.3, 0.4) is 0 Å². The third-order valence-electron chi connectivity index (χ3n) is 4.48. The van der Waals surface area contributed by atoms with E-state index >= 15 is 0 Å². The monoisotopic (exact) mass is 400 g/mol. The Morgan fingerprint density at radius 1 is 0.840 bits per heavy atom. The second-order valence-electron chi connectivity index (χ2n) is 6.29. The molecule has 2 amide bonds. The van der Waals surface area contributed by atoms with Crippen molar-refractivity contribution in [1.29, 1.82) is 0 Å². The molecule has 0 bridgehead atoms. The zero-order valence-electron chi connectivity index (χ0n) is 13.9. The lowest BCUT2D eigenvalue weighted by Crippen LogP contribution is -2.36. The molecule has 0 aliphatic heterocycles. The van der Waals surface area contributed by atoms with E-state index in [-0.39, 0.29) is 17.9 Å². The van der Waals surface area contributed by atoms with Gasteiger partial charge in [0.1, 0.15) is 0 Å². The molecule has 0 atom stereocenters. The number of carbonyl (C=O) groups excluding carboxylic acids is 2. The van der Waals surface area contributed by atoms with Crippen LogP contribution in [0, 0.1) is 0 Å². The Morgan fingerprint density at radius 3 is 2.20 bits per heavy atom. The van der Waals surface area contributed by atoms with Crippen molar-refractivity contribution >= 4 is 33.4 Å². The van der Waals surface area contributed by atoms with Crippen molar-refractivity contribution in [1.82, 2.24) is 5.32 Å². The predicted molar refractivity (Wildman–Crippen MR) is 103 cm³/mol. The van der Waals surface area contributed by atoms with Gasteiger partial charge in [-0.05, 0) is 53.0 Å². The van der Waals surface area contributed by atoms with Crippen LogP contribution in [0.1, 0.15) is 52.8 Å². The van der Waals surface area contributed by atoms with E-state index in [4.69, 9.17) is 0 Å². The van der Waals surface area contributed by atoms with Gasteiger partial charge in [-0.25, -0.2) is 0 Å². The number of rotatable bonds is 4. The van der Waals surface area contributed by atoms with E-state index < -0.39 is 0 Å². The highest BCUT2D eigenvalue weighted by molar-refractivity contribution is 9.10. The lowest BCUT2D eigenvalue weighted by atomic mass is 9.95. The Balaban J connectivity index is 1.75. The van der Waals surface area contributed by atoms with Gasteiger partial charge in [0.2, 0.25) is 0 Å². The molecule has 25 heavy (non-hydrogen) atoms. The molecular formula is C20H21BrN2O2. The SMILES string of the molecule is O=C(Nc1ccccc1C(=O)NC1CCCCC1)c1ccccc1Br. The van der Waals surface area contributed by atoms with Gasteiger partial charge < -0.3 is 10.6 Å². The van der Waals surface area contributed by atoms with E-state index in [1.807, 2.05) is 24.3 Å². The molecule has 0 spiro atoms. The van der Waals surface area contributed by atoms with E-state index in [1.54, 1.807) is 24.3 Å². The van der Waals surface area contributed by atoms with Crippen molar-refractivity contribution in [2.75, 3.05) is 5.32 Å². The number of carbonyl (C=O) groups is 2. The third kappa shape index (κ3) is 4.48. The van der Waals surface area contributed by atoms with Gasteiger partial charge in [0.15, 0.2) is 0 Å². The average Bonchev–Trinajstić information content (AvgIpc) is 2.63. The number of benzene rings is 2. The summed E-state index contributed by atoms with van der Waals surface area (Å²) in [5.41, 5.74) is 1.55. The summed E-state index contributed by atoms with van der Waals surface area (Å²) in [5, 5.41) is 5.96. The highest BCUT2D eigenvalue weighted by atomic mass is 79.9. The molecular weight excluding hydrogens is 380 g/mol. The molecule has 3 rings (SSSR count). The van der Waals surface area contributed by atoms with Gasteiger partial charge in [-0.3, -0.25) is 9.59 Å². The van der Waals surface area contributed by atoms with Gasteiger partial charge in [0.05, 0.1) is 16.8 Å². The Hall–Kier alpha value is -2.14. The number of hydrogen-bond acceptors (Lipinski definition) is 2. The molecule has 1 aliphatic carbocycles. The van der Waals surface area contributed by atoms with Crippen LogP contribution in [0.15, 0.2) is 53.0 Å². The molecule has 4 nitrogen and oxygen atoms in total. The van der Waals surface area contributed by atoms with Crippen LogP contribution in [0.4, 0.5) is 5.69 Å². The number of hydrogen-bond donors (Lipinski definition) is 2. The molecule has 0 heterocycles. The van der Waals surface area contributed by atoms with Crippen LogP contribution < -0.4 is 10.6 Å². The summed E-state index contributed by atoms with van der Waals surface area (Å²) in [4.78, 5) is 25.2. The molecule has 1 aliphatic rings. The summed E-state index contributed by atoms with van der Waals surface area (Å²) in [5.74, 6) is -0.375. The molecule has 0 unspecified atom stereocenters. The Kier molecular flexibility index (Phi) is 5.87. The summed E-state index contributed by atoms with van der Waals surface area (Å²) in [6.45, 7) is 0. The highest BCUT2D eigenvalue weighted by Crippen LogP contribution is 2.22. The van der Waals surface area contributed by atoms with Gasteiger partial charge in [-0.15, -0.1) is 0 Å². The summed E-state index contributed by atoms with van der Waals surface area (Å²) < 4.78 is 0.719. The summed E-state index contributed by atoms with van der Waals surface area (Å²) in [6, 6.07) is 14.6. The smallest absolute Gasteiger partial charge is 0.256 e. The first-order valence-corrected chi connectivity index (χ1v) is 9.40. The van der Waals surface area contributed by atoms with Crippen molar-refractivity contribution in [2.45, 2.75) is 38.1 Å². The number of nitrogens with one attached hydrogen (secondary N) is 2. The first kappa shape index (κ1) is 17.7. The minimum Gasteiger partial charge on any atom is -0.349 e. The standard InChI is InChI=1S/C20H21BrN2O2/c21-17-12-6-4-10-15(17)19(24)23-18-13-7-5-11-16(18)20(25)22-14-8-2-1-3-9-14/h4-7,10-14H,1-3,8-9H2,(H,22,25)(H,23,24). The lowest BCUT2D eigenvalue weighted by molar-refractivity contribution is 0.0928. The third-order valence-corrected chi connectivity index (χ3v) is 5.17. The minimum atomic E-state index is -0.245. The topological polar surface area (TPSA) is 58.2 Å². The zero-order valence-corrected chi connectivity index (χ0v) is 15.5. The molecule has 0 aromatic heterocycles. The van der Waals surface area contributed by atoms with Crippen LogP contribution >= 0.6 is 15.9 Å². The van der Waals surface area contributed by atoms with Crippen molar-refractivity contribution in [3.63, 3.8) is 0 Å².